The van der Waals surface area contributed by atoms with E-state index in [1.165, 1.54) is 0 Å². The molecule has 1 heterocycles. The molecule has 1 aromatic heterocycles. The lowest BCUT2D eigenvalue weighted by Gasteiger charge is -2.03. The molecule has 0 radical (unpaired) electrons. The molecule has 0 fully saturated rings. The second kappa shape index (κ2) is 5.79. The molecule has 1 rings (SSSR count). The van der Waals surface area contributed by atoms with Crippen LogP contribution in [0.3, 0.4) is 0 Å². The first-order chi connectivity index (χ1) is 6.68. The van der Waals surface area contributed by atoms with E-state index in [4.69, 9.17) is 5.11 Å². The van der Waals surface area contributed by atoms with Crippen molar-refractivity contribution in [1.29, 1.82) is 0 Å². The van der Waals surface area contributed by atoms with Gasteiger partial charge in [-0.25, -0.2) is 4.98 Å². The summed E-state index contributed by atoms with van der Waals surface area (Å²) < 4.78 is 1.08. The zero-order chi connectivity index (χ0) is 10.4. The first kappa shape index (κ1) is 11.2. The number of hydrogen-bond donors (Lipinski definition) is 2. The minimum atomic E-state index is -0.762. The van der Waals surface area contributed by atoms with E-state index in [2.05, 4.69) is 32.9 Å². The molecule has 2 N–H and O–H groups in total. The third-order valence-electron chi connectivity index (χ3n) is 1.60. The average molecular weight is 306 g/mol. The van der Waals surface area contributed by atoms with E-state index in [1.54, 1.807) is 6.20 Å². The van der Waals surface area contributed by atoms with Gasteiger partial charge in [0.25, 0.3) is 0 Å². The van der Waals surface area contributed by atoms with Crippen molar-refractivity contribution in [1.82, 2.24) is 4.98 Å². The fourth-order valence-electron chi connectivity index (χ4n) is 0.936. The summed E-state index contributed by atoms with van der Waals surface area (Å²) in [5.41, 5.74) is 0. The Hall–Kier alpha value is -0.850. The lowest BCUT2D eigenvalue weighted by molar-refractivity contribution is -0.137. The van der Waals surface area contributed by atoms with Gasteiger partial charge in [0.1, 0.15) is 5.82 Å². The number of aliphatic carboxylic acids is 1. The Labute approximate surface area is 95.9 Å². The van der Waals surface area contributed by atoms with Crippen LogP contribution in [0.4, 0.5) is 5.82 Å². The molecule has 76 valence electrons. The third-order valence-corrected chi connectivity index (χ3v) is 2.24. The number of nitrogens with zero attached hydrogens (tertiary/aromatic N) is 1. The monoisotopic (exact) mass is 306 g/mol. The number of carboxylic acid groups (broad SMARTS) is 1. The highest BCUT2D eigenvalue weighted by Crippen LogP contribution is 2.06. The molecule has 0 amide bonds. The van der Waals surface area contributed by atoms with E-state index in [0.717, 1.165) is 9.39 Å². The van der Waals surface area contributed by atoms with Gasteiger partial charge in [0.2, 0.25) is 0 Å². The van der Waals surface area contributed by atoms with Gasteiger partial charge in [-0.1, -0.05) is 0 Å². The summed E-state index contributed by atoms with van der Waals surface area (Å²) in [4.78, 5) is 14.3. The summed E-state index contributed by atoms with van der Waals surface area (Å²) in [5, 5.41) is 11.5. The second-order valence-electron chi connectivity index (χ2n) is 2.79. The van der Waals surface area contributed by atoms with Crippen molar-refractivity contribution in [3.05, 3.63) is 21.9 Å². The molecule has 0 unspecified atom stereocenters. The molecule has 0 aromatic carbocycles. The summed E-state index contributed by atoms with van der Waals surface area (Å²) in [6, 6.07) is 3.83. The number of pyridine rings is 1. The lowest BCUT2D eigenvalue weighted by Crippen LogP contribution is -2.05. The number of anilines is 1. The van der Waals surface area contributed by atoms with Crippen molar-refractivity contribution in [3.8, 4) is 0 Å². The van der Waals surface area contributed by atoms with Crippen LogP contribution in [0.15, 0.2) is 18.3 Å². The van der Waals surface area contributed by atoms with E-state index in [-0.39, 0.29) is 6.42 Å². The van der Waals surface area contributed by atoms with E-state index in [9.17, 15) is 4.79 Å². The van der Waals surface area contributed by atoms with Gasteiger partial charge in [-0.2, -0.15) is 0 Å². The Balaban J connectivity index is 2.25. The van der Waals surface area contributed by atoms with Crippen LogP contribution in [0, 0.1) is 3.57 Å². The van der Waals surface area contributed by atoms with Gasteiger partial charge >= 0.3 is 5.97 Å². The molecule has 0 aliphatic heterocycles. The Bertz CT molecular complexity index is 300. The van der Waals surface area contributed by atoms with Gasteiger partial charge in [0, 0.05) is 22.7 Å². The van der Waals surface area contributed by atoms with Crippen molar-refractivity contribution >= 4 is 34.4 Å². The predicted molar refractivity (Wildman–Crippen MR) is 62.3 cm³/mol. The van der Waals surface area contributed by atoms with E-state index >= 15 is 0 Å². The minimum Gasteiger partial charge on any atom is -0.481 e. The molecular formula is C9H11IN2O2. The van der Waals surface area contributed by atoms with E-state index in [1.807, 2.05) is 12.1 Å². The largest absolute Gasteiger partial charge is 0.481 e. The number of rotatable bonds is 5. The molecule has 14 heavy (non-hydrogen) atoms. The molecule has 5 heteroatoms. The van der Waals surface area contributed by atoms with Crippen LogP contribution in [0.5, 0.6) is 0 Å². The standard InChI is InChI=1S/C9H11IN2O2/c10-7-3-4-8(12-6-7)11-5-1-2-9(13)14/h3-4,6H,1-2,5H2,(H,11,12)(H,13,14). The van der Waals surface area contributed by atoms with Crippen molar-refractivity contribution in [2.45, 2.75) is 12.8 Å². The molecule has 0 saturated heterocycles. The summed E-state index contributed by atoms with van der Waals surface area (Å²) in [7, 11) is 0. The first-order valence-corrected chi connectivity index (χ1v) is 5.33. The van der Waals surface area contributed by atoms with Crippen molar-refractivity contribution in [2.75, 3.05) is 11.9 Å². The molecular weight excluding hydrogens is 295 g/mol. The molecule has 0 aliphatic carbocycles. The highest BCUT2D eigenvalue weighted by molar-refractivity contribution is 14.1. The highest BCUT2D eigenvalue weighted by atomic mass is 127. The Morgan fingerprint density at radius 3 is 2.93 bits per heavy atom. The van der Waals surface area contributed by atoms with Crippen molar-refractivity contribution in [2.24, 2.45) is 0 Å². The molecule has 0 bridgehead atoms. The molecule has 0 atom stereocenters. The zero-order valence-electron chi connectivity index (χ0n) is 7.53. The van der Waals surface area contributed by atoms with Gasteiger partial charge in [-0.3, -0.25) is 4.79 Å². The zero-order valence-corrected chi connectivity index (χ0v) is 9.69. The minimum absolute atomic E-state index is 0.192. The SMILES string of the molecule is O=C(O)CCCNc1ccc(I)cn1. The summed E-state index contributed by atoms with van der Waals surface area (Å²) in [6.45, 7) is 0.639. The fraction of sp³-hybridized carbons (Fsp3) is 0.333. The highest BCUT2D eigenvalue weighted by Gasteiger charge is 1.96. The molecule has 0 saturated carbocycles. The Kier molecular flexibility index (Phi) is 4.64. The predicted octanol–water partition coefficient (Wildman–Crippen LogP) is 1.96. The number of carboxylic acids is 1. The molecule has 0 aliphatic rings. The number of carbonyl (C=O) groups is 1. The van der Waals surface area contributed by atoms with Crippen LogP contribution < -0.4 is 5.32 Å². The summed E-state index contributed by atoms with van der Waals surface area (Å²) in [5.74, 6) is 0.0261. The van der Waals surface area contributed by atoms with Crippen molar-refractivity contribution < 1.29 is 9.90 Å². The van der Waals surface area contributed by atoms with Crippen LogP contribution in [0.2, 0.25) is 0 Å². The number of nitrogens with one attached hydrogen (secondary N) is 1. The fourth-order valence-corrected chi connectivity index (χ4v) is 1.26. The molecule has 0 spiro atoms. The molecule has 4 nitrogen and oxygen atoms in total. The van der Waals surface area contributed by atoms with Gasteiger partial charge in [0.05, 0.1) is 0 Å². The van der Waals surface area contributed by atoms with Gasteiger partial charge < -0.3 is 10.4 Å². The Morgan fingerprint density at radius 1 is 1.57 bits per heavy atom. The van der Waals surface area contributed by atoms with Crippen LogP contribution in [-0.2, 0) is 4.79 Å². The molecule has 1 aromatic rings. The van der Waals surface area contributed by atoms with Gasteiger partial charge in [-0.15, -0.1) is 0 Å². The van der Waals surface area contributed by atoms with Gasteiger partial charge in [0.15, 0.2) is 0 Å². The van der Waals surface area contributed by atoms with Crippen LogP contribution in [0.25, 0.3) is 0 Å². The maximum absolute atomic E-state index is 10.2. The van der Waals surface area contributed by atoms with Crippen LogP contribution >= 0.6 is 22.6 Å². The van der Waals surface area contributed by atoms with Crippen molar-refractivity contribution in [3.63, 3.8) is 0 Å². The number of hydrogen-bond acceptors (Lipinski definition) is 3. The quantitative estimate of drug-likeness (QED) is 0.645. The maximum Gasteiger partial charge on any atom is 0.303 e. The maximum atomic E-state index is 10.2. The Morgan fingerprint density at radius 2 is 2.36 bits per heavy atom. The lowest BCUT2D eigenvalue weighted by atomic mass is 10.3. The third kappa shape index (κ3) is 4.40. The summed E-state index contributed by atoms with van der Waals surface area (Å²) >= 11 is 2.18. The van der Waals surface area contributed by atoms with Crippen LogP contribution in [-0.4, -0.2) is 22.6 Å². The second-order valence-corrected chi connectivity index (χ2v) is 4.03. The number of halogens is 1. The van der Waals surface area contributed by atoms with Crippen LogP contribution in [0.1, 0.15) is 12.8 Å². The smallest absolute Gasteiger partial charge is 0.303 e. The normalized spacial score (nSPS) is 9.79. The summed E-state index contributed by atoms with van der Waals surface area (Å²) in [6.07, 6.45) is 2.57. The van der Waals surface area contributed by atoms with E-state index < -0.39 is 5.97 Å². The van der Waals surface area contributed by atoms with Gasteiger partial charge in [-0.05, 0) is 41.1 Å². The first-order valence-electron chi connectivity index (χ1n) is 4.25. The topological polar surface area (TPSA) is 62.2 Å². The average Bonchev–Trinajstić information content (AvgIpc) is 2.15. The number of aromatic nitrogens is 1. The van der Waals surface area contributed by atoms with E-state index in [0.29, 0.717) is 13.0 Å².